The Labute approximate surface area is 195 Å². The first-order valence-corrected chi connectivity index (χ1v) is 10.2. The van der Waals surface area contributed by atoms with Crippen LogP contribution in [0.3, 0.4) is 0 Å². The number of benzene rings is 2. The van der Waals surface area contributed by atoms with E-state index in [1.165, 1.54) is 26.4 Å². The van der Waals surface area contributed by atoms with Crippen LogP contribution in [-0.2, 0) is 11.3 Å². The van der Waals surface area contributed by atoms with Crippen molar-refractivity contribution in [1.82, 2.24) is 4.98 Å². The molecule has 0 aliphatic rings. The Morgan fingerprint density at radius 2 is 1.84 bits per heavy atom. The minimum absolute atomic E-state index is 0.0491. The van der Waals surface area contributed by atoms with Crippen LogP contribution in [0.1, 0.15) is 21.6 Å². The van der Waals surface area contributed by atoms with Gasteiger partial charge in [-0.3, -0.25) is 0 Å². The molecule has 3 aromatic rings. The third-order valence-electron chi connectivity index (χ3n) is 4.78. The number of anilines is 1. The van der Waals surface area contributed by atoms with Crippen LogP contribution in [0.4, 0.5) is 10.1 Å². The van der Waals surface area contributed by atoms with Crippen molar-refractivity contribution >= 4 is 34.9 Å². The minimum atomic E-state index is -0.755. The number of ether oxygens (including phenoxy) is 3. The fraction of sp³-hybridized carbons (Fsp3) is 0.217. The molecule has 0 aliphatic heterocycles. The predicted molar refractivity (Wildman–Crippen MR) is 123 cm³/mol. The molecule has 32 heavy (non-hydrogen) atoms. The second-order valence-electron chi connectivity index (χ2n) is 6.82. The zero-order valence-electron chi connectivity index (χ0n) is 17.9. The number of methoxy groups -OCH3 is 3. The van der Waals surface area contributed by atoms with Gasteiger partial charge in [-0.25, -0.2) is 14.2 Å². The van der Waals surface area contributed by atoms with E-state index in [0.717, 1.165) is 11.1 Å². The summed E-state index contributed by atoms with van der Waals surface area (Å²) in [6.45, 7) is 2.29. The van der Waals surface area contributed by atoms with Gasteiger partial charge in [-0.05, 0) is 36.8 Å². The van der Waals surface area contributed by atoms with Gasteiger partial charge >= 0.3 is 5.97 Å². The molecule has 6 nitrogen and oxygen atoms in total. The van der Waals surface area contributed by atoms with E-state index in [4.69, 9.17) is 37.4 Å². The van der Waals surface area contributed by atoms with Gasteiger partial charge in [0, 0.05) is 17.7 Å². The van der Waals surface area contributed by atoms with Crippen molar-refractivity contribution < 1.29 is 23.4 Å². The zero-order valence-corrected chi connectivity index (χ0v) is 19.4. The van der Waals surface area contributed by atoms with Crippen molar-refractivity contribution in [2.75, 3.05) is 26.6 Å². The molecular weight excluding hydrogens is 458 g/mol. The first kappa shape index (κ1) is 23.6. The summed E-state index contributed by atoms with van der Waals surface area (Å²) < 4.78 is 30.3. The third-order valence-corrected chi connectivity index (χ3v) is 5.46. The minimum Gasteiger partial charge on any atom is -0.496 e. The Hall–Kier alpha value is -3.03. The molecule has 0 aliphatic carbocycles. The van der Waals surface area contributed by atoms with Crippen molar-refractivity contribution in [3.63, 3.8) is 0 Å². The summed E-state index contributed by atoms with van der Waals surface area (Å²) in [5, 5.41) is 3.33. The van der Waals surface area contributed by atoms with Crippen molar-refractivity contribution in [3.8, 4) is 22.8 Å². The second kappa shape index (κ2) is 10.1. The van der Waals surface area contributed by atoms with E-state index >= 15 is 4.39 Å². The molecule has 2 aromatic carbocycles. The molecule has 0 saturated carbocycles. The Morgan fingerprint density at radius 3 is 2.50 bits per heavy atom. The molecule has 1 heterocycles. The SMILES string of the molecule is COC(=O)c1nc(-c2ccc(Cl)c(OC)c2F)cc(NCc2ccc(C)cc2OC)c1Cl. The van der Waals surface area contributed by atoms with Crippen molar-refractivity contribution in [1.29, 1.82) is 0 Å². The van der Waals surface area contributed by atoms with Gasteiger partial charge in [0.05, 0.1) is 42.8 Å². The molecule has 3 rings (SSSR count). The number of hydrogen-bond acceptors (Lipinski definition) is 6. The predicted octanol–water partition coefficient (Wildman–Crippen LogP) is 5.92. The molecular formula is C23H21Cl2FN2O4. The summed E-state index contributed by atoms with van der Waals surface area (Å²) in [6, 6.07) is 10.3. The topological polar surface area (TPSA) is 69.7 Å². The molecule has 0 atom stereocenters. The molecule has 1 aromatic heterocycles. The van der Waals surface area contributed by atoms with E-state index < -0.39 is 11.8 Å². The molecule has 0 spiro atoms. The quantitative estimate of drug-likeness (QED) is 0.425. The third kappa shape index (κ3) is 4.74. The van der Waals surface area contributed by atoms with Crippen LogP contribution in [0, 0.1) is 12.7 Å². The number of aromatic nitrogens is 1. The van der Waals surface area contributed by atoms with Gasteiger partial charge < -0.3 is 19.5 Å². The largest absolute Gasteiger partial charge is 0.496 e. The summed E-state index contributed by atoms with van der Waals surface area (Å²) in [4.78, 5) is 16.5. The van der Waals surface area contributed by atoms with E-state index in [-0.39, 0.29) is 32.7 Å². The highest BCUT2D eigenvalue weighted by Crippen LogP contribution is 2.37. The van der Waals surface area contributed by atoms with Crippen LogP contribution < -0.4 is 14.8 Å². The highest BCUT2D eigenvalue weighted by Gasteiger charge is 2.22. The van der Waals surface area contributed by atoms with Crippen LogP contribution in [0.2, 0.25) is 10.0 Å². The van der Waals surface area contributed by atoms with E-state index in [1.54, 1.807) is 13.2 Å². The standard InChI is InChI=1S/C23H21Cl2FN2O4/c1-12-5-6-13(18(9-12)30-2)11-27-17-10-16(28-21(19(17)25)23(29)32-4)14-7-8-15(24)22(31-3)20(14)26/h5-10H,11H2,1-4H3,(H,27,28). The number of rotatable bonds is 7. The Bertz CT molecular complexity index is 1170. The van der Waals surface area contributed by atoms with E-state index in [9.17, 15) is 4.79 Å². The summed E-state index contributed by atoms with van der Waals surface area (Å²) in [5.41, 5.74) is 2.37. The van der Waals surface area contributed by atoms with Crippen LogP contribution in [0.25, 0.3) is 11.3 Å². The van der Waals surface area contributed by atoms with Crippen LogP contribution in [0.15, 0.2) is 36.4 Å². The lowest BCUT2D eigenvalue weighted by Gasteiger charge is -2.16. The molecule has 0 fully saturated rings. The monoisotopic (exact) mass is 478 g/mol. The smallest absolute Gasteiger partial charge is 0.358 e. The highest BCUT2D eigenvalue weighted by molar-refractivity contribution is 6.36. The lowest BCUT2D eigenvalue weighted by Crippen LogP contribution is -2.10. The maximum atomic E-state index is 15.0. The highest BCUT2D eigenvalue weighted by atomic mass is 35.5. The van der Waals surface area contributed by atoms with E-state index in [2.05, 4.69) is 10.3 Å². The Balaban J connectivity index is 2.08. The first-order valence-electron chi connectivity index (χ1n) is 9.49. The fourth-order valence-corrected chi connectivity index (χ4v) is 3.60. The molecule has 0 unspecified atom stereocenters. The summed E-state index contributed by atoms with van der Waals surface area (Å²) >= 11 is 12.4. The zero-order chi connectivity index (χ0) is 23.4. The van der Waals surface area contributed by atoms with Gasteiger partial charge in [0.25, 0.3) is 0 Å². The van der Waals surface area contributed by atoms with Crippen molar-refractivity contribution in [3.05, 3.63) is 69.1 Å². The average molecular weight is 479 g/mol. The van der Waals surface area contributed by atoms with Gasteiger partial charge in [-0.2, -0.15) is 0 Å². The Kier molecular flexibility index (Phi) is 7.43. The molecule has 1 N–H and O–H groups in total. The molecule has 168 valence electrons. The maximum absolute atomic E-state index is 15.0. The summed E-state index contributed by atoms with van der Waals surface area (Å²) in [6.07, 6.45) is 0. The number of carbonyl (C=O) groups is 1. The summed E-state index contributed by atoms with van der Waals surface area (Å²) in [7, 11) is 4.11. The normalized spacial score (nSPS) is 10.6. The number of pyridine rings is 1. The average Bonchev–Trinajstić information content (AvgIpc) is 2.79. The number of halogens is 3. The van der Waals surface area contributed by atoms with Gasteiger partial charge in [0.15, 0.2) is 17.3 Å². The van der Waals surface area contributed by atoms with Crippen molar-refractivity contribution in [2.45, 2.75) is 13.5 Å². The molecule has 0 bridgehead atoms. The number of nitrogens with zero attached hydrogens (tertiary/aromatic N) is 1. The number of carbonyl (C=O) groups excluding carboxylic acids is 1. The number of hydrogen-bond donors (Lipinski definition) is 1. The second-order valence-corrected chi connectivity index (χ2v) is 7.61. The van der Waals surface area contributed by atoms with Gasteiger partial charge in [-0.1, -0.05) is 35.3 Å². The van der Waals surface area contributed by atoms with Gasteiger partial charge in [-0.15, -0.1) is 0 Å². The van der Waals surface area contributed by atoms with E-state index in [1.807, 2.05) is 25.1 Å². The van der Waals surface area contributed by atoms with E-state index in [0.29, 0.717) is 18.0 Å². The number of esters is 1. The molecule has 9 heteroatoms. The molecule has 0 amide bonds. The number of nitrogens with one attached hydrogen (secondary N) is 1. The lowest BCUT2D eigenvalue weighted by atomic mass is 10.1. The summed E-state index contributed by atoms with van der Waals surface area (Å²) in [5.74, 6) is -0.894. The van der Waals surface area contributed by atoms with Gasteiger partial charge in [0.1, 0.15) is 5.75 Å². The molecule has 0 radical (unpaired) electrons. The molecule has 0 saturated heterocycles. The lowest BCUT2D eigenvalue weighted by molar-refractivity contribution is 0.0594. The first-order chi connectivity index (χ1) is 15.3. The van der Waals surface area contributed by atoms with Crippen LogP contribution in [0.5, 0.6) is 11.5 Å². The Morgan fingerprint density at radius 1 is 1.09 bits per heavy atom. The van der Waals surface area contributed by atoms with Crippen LogP contribution >= 0.6 is 23.2 Å². The van der Waals surface area contributed by atoms with Crippen LogP contribution in [-0.4, -0.2) is 32.3 Å². The maximum Gasteiger partial charge on any atom is 0.358 e. The van der Waals surface area contributed by atoms with Crippen molar-refractivity contribution in [2.24, 2.45) is 0 Å². The van der Waals surface area contributed by atoms with Gasteiger partial charge in [0.2, 0.25) is 0 Å². The number of aryl methyl sites for hydroxylation is 1. The fourth-order valence-electron chi connectivity index (χ4n) is 3.13.